The summed E-state index contributed by atoms with van der Waals surface area (Å²) in [5, 5.41) is 3.51. The molecule has 0 radical (unpaired) electrons. The van der Waals surface area contributed by atoms with Gasteiger partial charge in [0.25, 0.3) is 0 Å². The van der Waals surface area contributed by atoms with E-state index in [-0.39, 0.29) is 0 Å². The van der Waals surface area contributed by atoms with Crippen molar-refractivity contribution in [3.05, 3.63) is 9.93 Å². The van der Waals surface area contributed by atoms with Crippen molar-refractivity contribution in [2.45, 2.75) is 53.4 Å². The number of quaternary nitrogens is 1. The summed E-state index contributed by atoms with van der Waals surface area (Å²) < 4.78 is 246. The number of hydrogen-bond donors (Lipinski definition) is 0. The molecule has 0 aromatic rings. The lowest BCUT2D eigenvalue weighted by Crippen LogP contribution is -2.74. The Balaban J connectivity index is 6.55. The maximum atomic E-state index is 13.7. The summed E-state index contributed by atoms with van der Waals surface area (Å²) >= 11 is 0. The van der Waals surface area contributed by atoms with Crippen LogP contribution in [0.4, 0.5) is 74.6 Å². The molecule has 0 rings (SSSR count). The molecule has 23 heteroatoms. The number of hydroxylamine groups is 3. The largest absolute Gasteiger partial charge is 0.633 e. The van der Waals surface area contributed by atoms with Crippen LogP contribution < -0.4 is 0 Å². The van der Waals surface area contributed by atoms with Crippen LogP contribution in [0.2, 0.25) is 0 Å². The molecule has 36 heavy (non-hydrogen) atoms. The average molecular weight is 599 g/mol. The lowest BCUT2D eigenvalue weighted by molar-refractivity contribution is -0.839. The summed E-state index contributed by atoms with van der Waals surface area (Å²) in [5.74, 6) is -51.9. The normalized spacial score (nSPS) is 16.4. The quantitative estimate of drug-likeness (QED) is 0.127. The van der Waals surface area contributed by atoms with Crippen LogP contribution >= 0.6 is 0 Å². The third-order valence-corrected chi connectivity index (χ3v) is 5.56. The third kappa shape index (κ3) is 5.15. The van der Waals surface area contributed by atoms with Gasteiger partial charge in [-0.1, -0.05) is 0 Å². The minimum atomic E-state index is -8.88. The zero-order chi connectivity index (χ0) is 29.8. The topological polar surface area (TPSA) is 71.3 Å². The van der Waals surface area contributed by atoms with Crippen molar-refractivity contribution in [2.75, 3.05) is 27.2 Å². The Kier molecular flexibility index (Phi) is 8.79. The van der Waals surface area contributed by atoms with Crippen molar-refractivity contribution in [3.8, 4) is 0 Å². The van der Waals surface area contributed by atoms with Crippen LogP contribution in [0.15, 0.2) is 0 Å². The standard InChI is InChI=1S/C13H12F17N2O3S/c1-32(2,33)5-3-4-31-36(34,35)13(29,30)11(24,25)9(20,21)7(16,17)6(14,15)8(18,19)10(22,23)12(26,27)28/h3-5H2,1-2H3/q-1. The Labute approximate surface area is 189 Å². The zero-order valence-corrected chi connectivity index (χ0v) is 17.9. The molecule has 0 aromatic carbocycles. The number of alkyl halides is 17. The average Bonchev–Trinajstić information content (AvgIpc) is 2.62. The fourth-order valence-corrected chi connectivity index (χ4v) is 3.01. The molecule has 0 saturated heterocycles. The van der Waals surface area contributed by atoms with E-state index in [1.54, 1.807) is 4.72 Å². The van der Waals surface area contributed by atoms with E-state index in [0.29, 0.717) is 0 Å². The zero-order valence-electron chi connectivity index (χ0n) is 17.1. The number of rotatable bonds is 12. The van der Waals surface area contributed by atoms with Gasteiger partial charge in [0.1, 0.15) is 10.0 Å². The van der Waals surface area contributed by atoms with Crippen LogP contribution in [-0.4, -0.2) is 87.2 Å². The van der Waals surface area contributed by atoms with E-state index in [1.807, 2.05) is 0 Å². The Hall–Kier alpha value is -1.36. The molecule has 0 spiro atoms. The predicted molar refractivity (Wildman–Crippen MR) is 82.8 cm³/mol. The molecule has 0 heterocycles. The molecule has 0 unspecified atom stereocenters. The Bertz CT molecular complexity index is 892. The monoisotopic (exact) mass is 599 g/mol. The van der Waals surface area contributed by atoms with Gasteiger partial charge in [0.05, 0.1) is 20.6 Å². The first kappa shape index (κ1) is 34.6. The van der Waals surface area contributed by atoms with Crippen LogP contribution in [0, 0.1) is 5.21 Å². The summed E-state index contributed by atoms with van der Waals surface area (Å²) in [6.45, 7) is -2.30. The summed E-state index contributed by atoms with van der Waals surface area (Å²) in [7, 11) is -5.73. The van der Waals surface area contributed by atoms with Crippen molar-refractivity contribution in [2.24, 2.45) is 0 Å². The second-order valence-corrected chi connectivity index (χ2v) is 9.16. The lowest BCUT2D eigenvalue weighted by atomic mass is 9.91. The van der Waals surface area contributed by atoms with Gasteiger partial charge in [-0.3, -0.25) is 0 Å². The first-order chi connectivity index (χ1) is 15.2. The van der Waals surface area contributed by atoms with E-state index in [9.17, 15) is 88.3 Å². The fraction of sp³-hybridized carbons (Fsp3) is 1.00. The van der Waals surface area contributed by atoms with Crippen LogP contribution in [-0.2, 0) is 10.0 Å². The summed E-state index contributed by atoms with van der Waals surface area (Å²) in [4.78, 5) is 0. The highest BCUT2D eigenvalue weighted by molar-refractivity contribution is 7.95. The van der Waals surface area contributed by atoms with E-state index >= 15 is 0 Å². The summed E-state index contributed by atoms with van der Waals surface area (Å²) in [6, 6.07) is 0. The van der Waals surface area contributed by atoms with E-state index in [2.05, 4.69) is 0 Å². The molecular weight excluding hydrogens is 587 g/mol. The molecular formula is C13H12F17N2O3S-. The first-order valence-electron chi connectivity index (χ1n) is 8.39. The molecule has 0 N–H and O–H groups in total. The second kappa shape index (κ2) is 9.13. The van der Waals surface area contributed by atoms with Gasteiger partial charge in [0, 0.05) is 0 Å². The van der Waals surface area contributed by atoms with Crippen LogP contribution in [0.3, 0.4) is 0 Å². The molecule has 218 valence electrons. The molecule has 0 atom stereocenters. The van der Waals surface area contributed by atoms with Crippen LogP contribution in [0.25, 0.3) is 4.72 Å². The molecule has 0 aliphatic rings. The number of halogens is 17. The molecule has 0 aliphatic carbocycles. The van der Waals surface area contributed by atoms with Crippen LogP contribution in [0.5, 0.6) is 0 Å². The van der Waals surface area contributed by atoms with E-state index in [0.717, 1.165) is 14.1 Å². The minimum Gasteiger partial charge on any atom is -0.633 e. The van der Waals surface area contributed by atoms with Gasteiger partial charge in [-0.05, 0) is 6.42 Å². The van der Waals surface area contributed by atoms with Gasteiger partial charge < -0.3 is 14.6 Å². The van der Waals surface area contributed by atoms with E-state index < -0.39 is 81.1 Å². The third-order valence-electron chi connectivity index (χ3n) is 4.13. The SMILES string of the molecule is C[N+](C)([O-])CCC[N-]S(=O)(=O)C(F)(F)C(F)(F)C(F)(F)C(F)(F)C(F)(F)C(F)(F)C(F)(F)C(F)(F)F. The van der Waals surface area contributed by atoms with Crippen molar-refractivity contribution in [1.29, 1.82) is 0 Å². The highest BCUT2D eigenvalue weighted by Gasteiger charge is 2.95. The van der Waals surface area contributed by atoms with E-state index in [4.69, 9.17) is 0 Å². The first-order valence-corrected chi connectivity index (χ1v) is 9.83. The van der Waals surface area contributed by atoms with Crippen molar-refractivity contribution < 1.29 is 87.7 Å². The number of sulfonamides is 1. The molecule has 0 aliphatic heterocycles. The Morgan fingerprint density at radius 2 is 0.917 bits per heavy atom. The maximum absolute atomic E-state index is 13.7. The van der Waals surface area contributed by atoms with Crippen LogP contribution in [0.1, 0.15) is 6.42 Å². The molecule has 0 aromatic heterocycles. The van der Waals surface area contributed by atoms with Crippen molar-refractivity contribution >= 4 is 10.0 Å². The highest BCUT2D eigenvalue weighted by Crippen LogP contribution is 2.64. The fourth-order valence-electron chi connectivity index (χ4n) is 2.03. The Morgan fingerprint density at radius 3 is 1.22 bits per heavy atom. The lowest BCUT2D eigenvalue weighted by Gasteiger charge is -2.43. The van der Waals surface area contributed by atoms with E-state index in [1.165, 1.54) is 0 Å². The van der Waals surface area contributed by atoms with Gasteiger partial charge in [0.2, 0.25) is 0 Å². The van der Waals surface area contributed by atoms with Gasteiger partial charge in [-0.2, -0.15) is 74.6 Å². The number of hydrogen-bond acceptors (Lipinski definition) is 3. The van der Waals surface area contributed by atoms with Gasteiger partial charge in [0.15, 0.2) is 0 Å². The summed E-state index contributed by atoms with van der Waals surface area (Å²) in [6.07, 6.45) is -8.77. The van der Waals surface area contributed by atoms with Gasteiger partial charge in [-0.25, -0.2) is 8.42 Å². The maximum Gasteiger partial charge on any atom is 0.460 e. The predicted octanol–water partition coefficient (Wildman–Crippen LogP) is 5.62. The van der Waals surface area contributed by atoms with Crippen molar-refractivity contribution in [1.82, 2.24) is 0 Å². The smallest absolute Gasteiger partial charge is 0.460 e. The molecule has 0 amide bonds. The molecule has 0 bridgehead atoms. The molecule has 0 saturated carbocycles. The highest BCUT2D eigenvalue weighted by atomic mass is 32.2. The molecule has 5 nitrogen and oxygen atoms in total. The summed E-state index contributed by atoms with van der Waals surface area (Å²) in [5.41, 5.74) is 0. The minimum absolute atomic E-state index is 0.704. The number of nitrogens with zero attached hydrogens (tertiary/aromatic N) is 2. The second-order valence-electron chi connectivity index (χ2n) is 7.44. The van der Waals surface area contributed by atoms with Crippen molar-refractivity contribution in [3.63, 3.8) is 0 Å². The Morgan fingerprint density at radius 1 is 0.611 bits per heavy atom. The van der Waals surface area contributed by atoms with Gasteiger partial charge in [-0.15, -0.1) is 6.54 Å². The molecule has 0 fully saturated rings. The van der Waals surface area contributed by atoms with Gasteiger partial charge >= 0.3 is 47.0 Å².